The monoisotopic (exact) mass is 352 g/mol. The number of hydrazone groups is 1. The Bertz CT molecular complexity index is 815. The average molecular weight is 352 g/mol. The van der Waals surface area contributed by atoms with Gasteiger partial charge < -0.3 is 10.0 Å². The SMILES string of the molecule is CN(CCO)c1ccc(/C=N\Nc2nc(-c3ccccc3)cs2)cc1. The summed E-state index contributed by atoms with van der Waals surface area (Å²) in [5, 5.41) is 16.0. The Kier molecular flexibility index (Phi) is 5.77. The molecular weight excluding hydrogens is 332 g/mol. The fourth-order valence-corrected chi connectivity index (χ4v) is 2.99. The molecule has 0 aliphatic carbocycles. The van der Waals surface area contributed by atoms with Crippen molar-refractivity contribution in [2.24, 2.45) is 5.10 Å². The van der Waals surface area contributed by atoms with Crippen LogP contribution in [-0.2, 0) is 0 Å². The van der Waals surface area contributed by atoms with Gasteiger partial charge in [-0.25, -0.2) is 4.98 Å². The van der Waals surface area contributed by atoms with Crippen LogP contribution in [0.25, 0.3) is 11.3 Å². The second-order valence-electron chi connectivity index (χ2n) is 5.51. The predicted molar refractivity (Wildman–Crippen MR) is 106 cm³/mol. The fourth-order valence-electron chi connectivity index (χ4n) is 2.32. The summed E-state index contributed by atoms with van der Waals surface area (Å²) in [6.45, 7) is 0.755. The van der Waals surface area contributed by atoms with Crippen molar-refractivity contribution in [1.82, 2.24) is 4.98 Å². The van der Waals surface area contributed by atoms with E-state index in [1.54, 1.807) is 6.21 Å². The number of likely N-dealkylation sites (N-methyl/N-ethyl adjacent to an activating group) is 1. The molecule has 0 radical (unpaired) electrons. The zero-order chi connectivity index (χ0) is 17.5. The maximum absolute atomic E-state index is 8.98. The highest BCUT2D eigenvalue weighted by atomic mass is 32.1. The second-order valence-corrected chi connectivity index (χ2v) is 6.37. The normalized spacial score (nSPS) is 11.0. The molecule has 2 aromatic carbocycles. The molecule has 128 valence electrons. The van der Waals surface area contributed by atoms with E-state index in [0.717, 1.165) is 27.6 Å². The van der Waals surface area contributed by atoms with Crippen LogP contribution in [0.15, 0.2) is 65.1 Å². The Morgan fingerprint density at radius 3 is 2.64 bits per heavy atom. The summed E-state index contributed by atoms with van der Waals surface area (Å²) < 4.78 is 0. The lowest BCUT2D eigenvalue weighted by molar-refractivity contribution is 0.304. The third-order valence-electron chi connectivity index (χ3n) is 3.72. The van der Waals surface area contributed by atoms with Crippen LogP contribution in [0.5, 0.6) is 0 Å². The smallest absolute Gasteiger partial charge is 0.203 e. The highest BCUT2D eigenvalue weighted by molar-refractivity contribution is 7.14. The van der Waals surface area contributed by atoms with Crippen molar-refractivity contribution in [3.8, 4) is 11.3 Å². The lowest BCUT2D eigenvalue weighted by Crippen LogP contribution is -2.20. The fraction of sp³-hybridized carbons (Fsp3) is 0.158. The van der Waals surface area contributed by atoms with Crippen molar-refractivity contribution >= 4 is 28.4 Å². The Morgan fingerprint density at radius 1 is 1.16 bits per heavy atom. The molecule has 5 nitrogen and oxygen atoms in total. The molecular formula is C19H20N4OS. The molecule has 0 amide bonds. The minimum atomic E-state index is 0.141. The van der Waals surface area contributed by atoms with E-state index in [9.17, 15) is 0 Å². The van der Waals surface area contributed by atoms with Gasteiger partial charge in [-0.1, -0.05) is 42.5 Å². The molecule has 3 aromatic rings. The highest BCUT2D eigenvalue weighted by Gasteiger charge is 2.03. The first kappa shape index (κ1) is 17.1. The van der Waals surface area contributed by atoms with Crippen molar-refractivity contribution in [3.63, 3.8) is 0 Å². The van der Waals surface area contributed by atoms with Crippen molar-refractivity contribution < 1.29 is 5.11 Å². The number of thiazole rings is 1. The summed E-state index contributed by atoms with van der Waals surface area (Å²) in [5.74, 6) is 0. The lowest BCUT2D eigenvalue weighted by Gasteiger charge is -2.17. The van der Waals surface area contributed by atoms with E-state index >= 15 is 0 Å². The maximum Gasteiger partial charge on any atom is 0.203 e. The summed E-state index contributed by atoms with van der Waals surface area (Å²) in [7, 11) is 1.95. The Balaban J connectivity index is 1.59. The lowest BCUT2D eigenvalue weighted by atomic mass is 10.2. The molecule has 0 fully saturated rings. The summed E-state index contributed by atoms with van der Waals surface area (Å²) >= 11 is 1.53. The number of hydrogen-bond donors (Lipinski definition) is 2. The number of aromatic nitrogens is 1. The Hall–Kier alpha value is -2.70. The molecule has 1 heterocycles. The Labute approximate surface area is 151 Å². The second kappa shape index (κ2) is 8.41. The van der Waals surface area contributed by atoms with Gasteiger partial charge in [0.25, 0.3) is 0 Å². The summed E-state index contributed by atoms with van der Waals surface area (Å²) in [4.78, 5) is 6.53. The molecule has 6 heteroatoms. The molecule has 0 aliphatic rings. The van der Waals surface area contributed by atoms with Crippen LogP contribution in [0.3, 0.4) is 0 Å². The minimum absolute atomic E-state index is 0.141. The van der Waals surface area contributed by atoms with E-state index < -0.39 is 0 Å². The average Bonchev–Trinajstić information content (AvgIpc) is 3.12. The van der Waals surface area contributed by atoms with Crippen LogP contribution in [-0.4, -0.2) is 36.5 Å². The number of anilines is 2. The standard InChI is InChI=1S/C19H20N4OS/c1-23(11-12-24)17-9-7-15(8-10-17)13-20-22-19-21-18(14-25-19)16-5-3-2-4-6-16/h2-10,13-14,24H,11-12H2,1H3,(H,21,22)/b20-13-. The highest BCUT2D eigenvalue weighted by Crippen LogP contribution is 2.24. The van der Waals surface area contributed by atoms with Crippen LogP contribution >= 0.6 is 11.3 Å². The number of nitrogens with zero attached hydrogens (tertiary/aromatic N) is 3. The Morgan fingerprint density at radius 2 is 1.92 bits per heavy atom. The van der Waals surface area contributed by atoms with Gasteiger partial charge in [0, 0.05) is 30.2 Å². The summed E-state index contributed by atoms with van der Waals surface area (Å²) in [5.41, 5.74) is 7.07. The molecule has 0 atom stereocenters. The van der Waals surface area contributed by atoms with E-state index in [0.29, 0.717) is 6.54 Å². The van der Waals surface area contributed by atoms with Gasteiger partial charge in [-0.2, -0.15) is 5.10 Å². The van der Waals surface area contributed by atoms with Crippen molar-refractivity contribution in [2.75, 3.05) is 30.5 Å². The molecule has 2 N–H and O–H groups in total. The summed E-state index contributed by atoms with van der Waals surface area (Å²) in [6.07, 6.45) is 1.76. The van der Waals surface area contributed by atoms with Gasteiger partial charge in [-0.15, -0.1) is 11.3 Å². The molecule has 0 unspecified atom stereocenters. The molecule has 25 heavy (non-hydrogen) atoms. The zero-order valence-corrected chi connectivity index (χ0v) is 14.8. The first-order valence-electron chi connectivity index (χ1n) is 7.98. The number of nitrogens with one attached hydrogen (secondary N) is 1. The van der Waals surface area contributed by atoms with Gasteiger partial charge in [0.2, 0.25) is 5.13 Å². The maximum atomic E-state index is 8.98. The molecule has 3 rings (SSSR count). The number of aliphatic hydroxyl groups is 1. The van der Waals surface area contributed by atoms with E-state index in [1.807, 2.05) is 71.9 Å². The van der Waals surface area contributed by atoms with Crippen LogP contribution in [0, 0.1) is 0 Å². The number of rotatable bonds is 7. The number of benzene rings is 2. The topological polar surface area (TPSA) is 60.8 Å². The first-order chi connectivity index (χ1) is 12.3. The van der Waals surface area contributed by atoms with Crippen LogP contribution in [0.4, 0.5) is 10.8 Å². The van der Waals surface area contributed by atoms with Gasteiger partial charge in [0.05, 0.1) is 18.5 Å². The summed E-state index contributed by atoms with van der Waals surface area (Å²) in [6, 6.07) is 18.1. The first-order valence-corrected chi connectivity index (χ1v) is 8.86. The molecule has 0 spiro atoms. The molecule has 1 aromatic heterocycles. The van der Waals surface area contributed by atoms with Crippen molar-refractivity contribution in [2.45, 2.75) is 0 Å². The largest absolute Gasteiger partial charge is 0.395 e. The van der Waals surface area contributed by atoms with Gasteiger partial charge in [-0.3, -0.25) is 5.43 Å². The molecule has 0 saturated carbocycles. The minimum Gasteiger partial charge on any atom is -0.395 e. The quantitative estimate of drug-likeness (QED) is 0.503. The number of aliphatic hydroxyl groups excluding tert-OH is 1. The van der Waals surface area contributed by atoms with E-state index in [4.69, 9.17) is 5.11 Å². The van der Waals surface area contributed by atoms with Crippen LogP contribution < -0.4 is 10.3 Å². The predicted octanol–water partition coefficient (Wildman–Crippen LogP) is 3.68. The number of hydrogen-bond acceptors (Lipinski definition) is 6. The van der Waals surface area contributed by atoms with Crippen LogP contribution in [0.1, 0.15) is 5.56 Å². The molecule has 0 saturated heterocycles. The van der Waals surface area contributed by atoms with Gasteiger partial charge in [0.1, 0.15) is 0 Å². The van der Waals surface area contributed by atoms with E-state index in [2.05, 4.69) is 15.5 Å². The molecule has 0 aliphatic heterocycles. The van der Waals surface area contributed by atoms with Crippen LogP contribution in [0.2, 0.25) is 0 Å². The van der Waals surface area contributed by atoms with Crippen molar-refractivity contribution in [1.29, 1.82) is 0 Å². The van der Waals surface area contributed by atoms with E-state index in [-0.39, 0.29) is 6.61 Å². The third kappa shape index (κ3) is 4.65. The van der Waals surface area contributed by atoms with Crippen molar-refractivity contribution in [3.05, 3.63) is 65.5 Å². The van der Waals surface area contributed by atoms with Gasteiger partial charge >= 0.3 is 0 Å². The third-order valence-corrected chi connectivity index (χ3v) is 4.46. The van der Waals surface area contributed by atoms with Gasteiger partial charge in [-0.05, 0) is 17.7 Å². The zero-order valence-electron chi connectivity index (χ0n) is 14.0. The van der Waals surface area contributed by atoms with E-state index in [1.165, 1.54) is 11.3 Å². The molecule has 0 bridgehead atoms. The van der Waals surface area contributed by atoms with Gasteiger partial charge in [0.15, 0.2) is 0 Å².